The molecule has 3 unspecified atom stereocenters. The van der Waals surface area contributed by atoms with E-state index in [0.29, 0.717) is 17.4 Å². The zero-order valence-electron chi connectivity index (χ0n) is 54.6. The molecule has 0 saturated carbocycles. The van der Waals surface area contributed by atoms with E-state index in [1.54, 1.807) is 0 Å². The van der Waals surface area contributed by atoms with E-state index in [-0.39, 0.29) is 31.3 Å². The highest BCUT2D eigenvalue weighted by atomic mass is 31.2. The van der Waals surface area contributed by atoms with Gasteiger partial charge in [-0.2, -0.15) is 0 Å². The second kappa shape index (κ2) is 61.7. The van der Waals surface area contributed by atoms with Crippen LogP contribution in [0.25, 0.3) is 0 Å². The van der Waals surface area contributed by atoms with Crippen molar-refractivity contribution in [3.05, 3.63) is 109 Å². The van der Waals surface area contributed by atoms with Crippen LogP contribution < -0.4 is 10.2 Å². The zero-order chi connectivity index (χ0) is 60.7. The average Bonchev–Trinajstić information content (AvgIpc) is 3.52. The Hall–Kier alpha value is -3.33. The molecule has 9 nitrogen and oxygen atoms in total. The smallest absolute Gasteiger partial charge is 0.306 e. The van der Waals surface area contributed by atoms with Crippen molar-refractivity contribution in [3.63, 3.8) is 0 Å². The van der Waals surface area contributed by atoms with E-state index in [1.165, 1.54) is 167 Å². The van der Waals surface area contributed by atoms with Crippen LogP contribution in [-0.2, 0) is 27.9 Å². The lowest BCUT2D eigenvalue weighted by Crippen LogP contribution is -2.47. The number of phosphoric acid groups is 1. The first-order valence-electron chi connectivity index (χ1n) is 34.2. The fraction of sp³-hybridized carbons (Fsp3) is 0.726. The fourth-order valence-electron chi connectivity index (χ4n) is 9.46. The molecule has 0 fully saturated rings. The Morgan fingerprint density at radius 1 is 0.434 bits per heavy atom. The van der Waals surface area contributed by atoms with Crippen molar-refractivity contribution < 1.29 is 37.3 Å². The largest absolute Gasteiger partial charge is 0.756 e. The number of nitrogens with zero attached hydrogens (tertiary/aromatic N) is 1. The van der Waals surface area contributed by atoms with Crippen molar-refractivity contribution in [2.45, 2.75) is 303 Å². The third-order valence-corrected chi connectivity index (χ3v) is 15.7. The quantitative estimate of drug-likeness (QED) is 0.0212. The minimum absolute atomic E-state index is 0.0398. The number of phosphoric ester groups is 1. The molecule has 3 atom stereocenters. The number of nitrogens with one attached hydrogen (secondary N) is 1. The Labute approximate surface area is 512 Å². The SMILES string of the molecule is CC/C=C\C/C=C\C/C=C\C/C=C\C/C=C\C/C=C\CCC(=O)NC(COP(=O)([O-])OCC[N+](C)(C)C)C(/C=C\CCCCCCCCCCC)OC(=O)CCCCCCCCCCCCCCCCCCC/C=C\C/C=C\CCCCC. The number of carbonyl (C=O) groups excluding carboxylic acids is 2. The van der Waals surface area contributed by atoms with Gasteiger partial charge in [-0.3, -0.25) is 14.2 Å². The summed E-state index contributed by atoms with van der Waals surface area (Å²) in [4.78, 5) is 40.0. The van der Waals surface area contributed by atoms with Gasteiger partial charge in [0.05, 0.1) is 33.8 Å². The topological polar surface area (TPSA) is 114 Å². The number of esters is 1. The Morgan fingerprint density at radius 2 is 0.783 bits per heavy atom. The standard InChI is InChI=1S/C73H129N2O7P/c1-7-10-13-16-19-22-25-27-29-31-33-34-35-36-37-38-39-40-42-44-46-48-51-54-57-60-63-66-73(77)82-71(64-61-58-55-52-49-24-21-18-15-12-9-3)70(69-81-83(78,79)80-68-67-75(4,5)6)74-72(76)65-62-59-56-53-50-47-45-43-41-32-30-28-26-23-20-17-14-11-8-2/h11,14,19-20,22-23,27-30,41,43,47,50,56,59,61,64,70-71H,7-10,12-13,15-18,21,24-26,31-40,42,44-46,48-49,51-55,57-58,60,62-63,65-69H2,1-6H3,(H-,74,76,78,79)/b14-11-,22-19-,23-20-,29-27-,30-28-,43-41-,50-47-,59-56-,64-61-. The van der Waals surface area contributed by atoms with Gasteiger partial charge in [-0.15, -0.1) is 0 Å². The maximum atomic E-state index is 13.5. The van der Waals surface area contributed by atoms with Crippen molar-refractivity contribution in [2.75, 3.05) is 40.9 Å². The lowest BCUT2D eigenvalue weighted by molar-refractivity contribution is -0.870. The summed E-state index contributed by atoms with van der Waals surface area (Å²) in [7, 11) is 1.13. The molecule has 0 bridgehead atoms. The maximum Gasteiger partial charge on any atom is 0.306 e. The molecule has 0 heterocycles. The van der Waals surface area contributed by atoms with Crippen LogP contribution in [0, 0.1) is 0 Å². The summed E-state index contributed by atoms with van der Waals surface area (Å²) in [6.07, 6.45) is 85.3. The number of hydrogen-bond acceptors (Lipinski definition) is 7. The molecule has 1 amide bonds. The molecule has 0 saturated heterocycles. The van der Waals surface area contributed by atoms with E-state index < -0.39 is 26.6 Å². The molecular formula is C73H129N2O7P. The molecule has 0 radical (unpaired) electrons. The number of amides is 1. The molecule has 0 aliphatic carbocycles. The molecule has 478 valence electrons. The van der Waals surface area contributed by atoms with Gasteiger partial charge in [-0.05, 0) is 102 Å². The third kappa shape index (κ3) is 63.0. The van der Waals surface area contributed by atoms with Crippen LogP contribution in [0.5, 0.6) is 0 Å². The normalized spacial score (nSPS) is 14.3. The van der Waals surface area contributed by atoms with Gasteiger partial charge < -0.3 is 28.5 Å². The van der Waals surface area contributed by atoms with Crippen molar-refractivity contribution in [2.24, 2.45) is 0 Å². The Bertz CT molecular complexity index is 1790. The van der Waals surface area contributed by atoms with Crippen LogP contribution in [-0.4, -0.2) is 69.4 Å². The number of carbonyl (C=O) groups is 2. The van der Waals surface area contributed by atoms with Gasteiger partial charge in [0, 0.05) is 12.8 Å². The number of unbranched alkanes of at least 4 members (excludes halogenated alkanes) is 29. The molecule has 10 heteroatoms. The van der Waals surface area contributed by atoms with E-state index in [2.05, 4.69) is 111 Å². The molecule has 0 spiro atoms. The number of quaternary nitrogens is 1. The van der Waals surface area contributed by atoms with Crippen LogP contribution >= 0.6 is 7.82 Å². The van der Waals surface area contributed by atoms with E-state index >= 15 is 0 Å². The van der Waals surface area contributed by atoms with Gasteiger partial charge in [-0.1, -0.05) is 285 Å². The number of ether oxygens (including phenoxy) is 1. The molecule has 83 heavy (non-hydrogen) atoms. The molecular weight excluding hydrogens is 1050 g/mol. The first-order valence-corrected chi connectivity index (χ1v) is 35.7. The van der Waals surface area contributed by atoms with Crippen LogP contribution in [0.1, 0.15) is 290 Å². The highest BCUT2D eigenvalue weighted by Gasteiger charge is 2.27. The second-order valence-corrected chi connectivity index (χ2v) is 25.4. The number of hydrogen-bond donors (Lipinski definition) is 1. The summed E-state index contributed by atoms with van der Waals surface area (Å²) in [5.74, 6) is -0.638. The van der Waals surface area contributed by atoms with E-state index in [9.17, 15) is 19.0 Å². The number of rotatable bonds is 61. The molecule has 0 aromatic rings. The molecule has 0 aromatic carbocycles. The minimum Gasteiger partial charge on any atom is -0.756 e. The van der Waals surface area contributed by atoms with E-state index in [1.807, 2.05) is 45.4 Å². The van der Waals surface area contributed by atoms with Crippen molar-refractivity contribution in [3.8, 4) is 0 Å². The highest BCUT2D eigenvalue weighted by Crippen LogP contribution is 2.38. The van der Waals surface area contributed by atoms with Gasteiger partial charge in [0.2, 0.25) is 5.91 Å². The Morgan fingerprint density at radius 3 is 1.20 bits per heavy atom. The van der Waals surface area contributed by atoms with Gasteiger partial charge >= 0.3 is 5.97 Å². The lowest BCUT2D eigenvalue weighted by Gasteiger charge is -2.30. The van der Waals surface area contributed by atoms with Crippen LogP contribution in [0.2, 0.25) is 0 Å². The summed E-state index contributed by atoms with van der Waals surface area (Å²) >= 11 is 0. The van der Waals surface area contributed by atoms with E-state index in [0.717, 1.165) is 83.5 Å². The fourth-order valence-corrected chi connectivity index (χ4v) is 10.2. The van der Waals surface area contributed by atoms with Gasteiger partial charge in [0.1, 0.15) is 19.3 Å². The van der Waals surface area contributed by atoms with Gasteiger partial charge in [-0.25, -0.2) is 0 Å². The first kappa shape index (κ1) is 79.7. The number of likely N-dealkylation sites (N-methyl/N-ethyl adjacent to an activating group) is 1. The van der Waals surface area contributed by atoms with Crippen molar-refractivity contribution >= 4 is 19.7 Å². The third-order valence-electron chi connectivity index (χ3n) is 14.7. The molecule has 0 aliphatic heterocycles. The number of allylic oxidation sites excluding steroid dienone is 17. The lowest BCUT2D eigenvalue weighted by atomic mass is 10.0. The predicted octanol–water partition coefficient (Wildman–Crippen LogP) is 21.0. The minimum atomic E-state index is -4.73. The van der Waals surface area contributed by atoms with Crippen molar-refractivity contribution in [1.29, 1.82) is 0 Å². The van der Waals surface area contributed by atoms with Gasteiger partial charge in [0.25, 0.3) is 7.82 Å². The second-order valence-electron chi connectivity index (χ2n) is 23.9. The monoisotopic (exact) mass is 1180 g/mol. The predicted molar refractivity (Wildman–Crippen MR) is 357 cm³/mol. The van der Waals surface area contributed by atoms with E-state index in [4.69, 9.17) is 13.8 Å². The van der Waals surface area contributed by atoms with Crippen LogP contribution in [0.4, 0.5) is 0 Å². The summed E-state index contributed by atoms with van der Waals surface area (Å²) < 4.78 is 30.3. The highest BCUT2D eigenvalue weighted by molar-refractivity contribution is 7.45. The first-order chi connectivity index (χ1) is 40.4. The summed E-state index contributed by atoms with van der Waals surface area (Å²) in [5, 5.41) is 2.98. The van der Waals surface area contributed by atoms with Crippen molar-refractivity contribution in [1.82, 2.24) is 5.32 Å². The summed E-state index contributed by atoms with van der Waals surface area (Å²) in [6.45, 7) is 6.65. The Kier molecular flexibility index (Phi) is 59.3. The summed E-state index contributed by atoms with van der Waals surface area (Å²) in [6, 6.07) is -0.934. The van der Waals surface area contributed by atoms with Crippen LogP contribution in [0.15, 0.2) is 109 Å². The molecule has 1 N–H and O–H groups in total. The molecule has 0 aliphatic rings. The molecule has 0 aromatic heterocycles. The Balaban J connectivity index is 5.10. The summed E-state index contributed by atoms with van der Waals surface area (Å²) in [5.41, 5.74) is 0. The van der Waals surface area contributed by atoms with Crippen LogP contribution in [0.3, 0.4) is 0 Å². The van der Waals surface area contributed by atoms with Gasteiger partial charge in [0.15, 0.2) is 0 Å². The average molecular weight is 1180 g/mol. The zero-order valence-corrected chi connectivity index (χ0v) is 55.5. The molecule has 0 rings (SSSR count). The maximum absolute atomic E-state index is 13.5.